The van der Waals surface area contributed by atoms with E-state index in [2.05, 4.69) is 17.6 Å². The fraction of sp³-hybridized carbons (Fsp3) is 0.636. The van der Waals surface area contributed by atoms with Crippen LogP contribution in [0.4, 0.5) is 10.1 Å². The van der Waals surface area contributed by atoms with Gasteiger partial charge in [-0.2, -0.15) is 0 Å². The third kappa shape index (κ3) is 6.24. The van der Waals surface area contributed by atoms with Crippen LogP contribution < -0.4 is 20.4 Å². The third-order valence-corrected chi connectivity index (χ3v) is 6.58. The molecule has 2 amide bonds. The summed E-state index contributed by atoms with van der Waals surface area (Å²) < 4.78 is 13.0. The molecule has 1 heterocycles. The molecule has 0 bridgehead atoms. The van der Waals surface area contributed by atoms with E-state index in [9.17, 15) is 14.0 Å². The molecule has 1 aromatic rings. The van der Waals surface area contributed by atoms with Crippen molar-refractivity contribution < 1.29 is 23.8 Å². The van der Waals surface area contributed by atoms with E-state index >= 15 is 0 Å². The maximum atomic E-state index is 13.0. The second-order valence-electron chi connectivity index (χ2n) is 8.74. The summed E-state index contributed by atoms with van der Waals surface area (Å²) in [5, 5.41) is 6.10. The molecule has 1 aliphatic carbocycles. The minimum absolute atomic E-state index is 0.0567. The second kappa shape index (κ2) is 10.2. The van der Waals surface area contributed by atoms with Crippen molar-refractivity contribution in [3.8, 4) is 0 Å². The van der Waals surface area contributed by atoms with Crippen LogP contribution in [0.2, 0.25) is 0 Å². The van der Waals surface area contributed by atoms with E-state index in [4.69, 9.17) is 0 Å². The van der Waals surface area contributed by atoms with Gasteiger partial charge >= 0.3 is 0 Å². The first-order valence-electron chi connectivity index (χ1n) is 11.0. The minimum atomic E-state index is -0.316. The van der Waals surface area contributed by atoms with Gasteiger partial charge in [-0.3, -0.25) is 9.59 Å². The van der Waals surface area contributed by atoms with Crippen molar-refractivity contribution >= 4 is 17.5 Å². The van der Waals surface area contributed by atoms with Crippen LogP contribution in [0.3, 0.4) is 0 Å². The van der Waals surface area contributed by atoms with Crippen LogP contribution in [0.25, 0.3) is 0 Å². The summed E-state index contributed by atoms with van der Waals surface area (Å²) in [5.41, 5.74) is 0.613. The van der Waals surface area contributed by atoms with Gasteiger partial charge in [-0.05, 0) is 49.9 Å². The summed E-state index contributed by atoms with van der Waals surface area (Å²) >= 11 is 0. The summed E-state index contributed by atoms with van der Waals surface area (Å²) in [6, 6.07) is 6.07. The molecule has 3 rings (SSSR count). The molecule has 3 atom stereocenters. The number of hydrogen-bond acceptors (Lipinski definition) is 2. The summed E-state index contributed by atoms with van der Waals surface area (Å²) in [4.78, 5) is 27.5. The van der Waals surface area contributed by atoms with Crippen molar-refractivity contribution in [2.24, 2.45) is 5.92 Å². The quantitative estimate of drug-likeness (QED) is 0.521. The third-order valence-electron chi connectivity index (χ3n) is 6.58. The number of rotatable bonds is 6. The normalized spacial score (nSPS) is 28.4. The zero-order valence-electron chi connectivity index (χ0n) is 17.6. The Kier molecular flexibility index (Phi) is 7.61. The van der Waals surface area contributed by atoms with Gasteiger partial charge in [0, 0.05) is 11.7 Å². The van der Waals surface area contributed by atoms with Crippen LogP contribution in [0, 0.1) is 11.7 Å². The van der Waals surface area contributed by atoms with Crippen LogP contribution >= 0.6 is 0 Å². The Hall–Kier alpha value is -1.99. The molecule has 4 N–H and O–H groups in total. The minimum Gasteiger partial charge on any atom is -0.348 e. The lowest BCUT2D eigenvalue weighted by atomic mass is 9.86. The molecule has 0 unspecified atom stereocenters. The van der Waals surface area contributed by atoms with Gasteiger partial charge in [0.15, 0.2) is 12.6 Å². The molecular weight excluding hydrogens is 371 g/mol. The van der Waals surface area contributed by atoms with Crippen LogP contribution in [0.5, 0.6) is 0 Å². The van der Waals surface area contributed by atoms with Gasteiger partial charge in [-0.15, -0.1) is 0 Å². The van der Waals surface area contributed by atoms with Gasteiger partial charge in [0.05, 0.1) is 0 Å². The molecule has 1 aromatic carbocycles. The fourth-order valence-electron chi connectivity index (χ4n) is 4.52. The molecule has 29 heavy (non-hydrogen) atoms. The molecule has 160 valence electrons. The standard InChI is InChI=1S/C22H33FN4O2/c1-16-5-3-4-6-20(16)25-22(29)17(2)27-13-11-26(12-14-27)15-21(28)24-19-9-7-18(23)8-10-19/h7-10,16-17,20H,3-6,11-15H2,1-2H3,(H,24,28)(H,25,29)/p+2/t16-,17-,20+/m1/s1. The molecule has 6 nitrogen and oxygen atoms in total. The van der Waals surface area contributed by atoms with E-state index in [1.807, 2.05) is 6.92 Å². The summed E-state index contributed by atoms with van der Waals surface area (Å²) in [7, 11) is 0. The number of hydrogen-bond donors (Lipinski definition) is 4. The molecule has 1 saturated heterocycles. The number of piperazine rings is 1. The van der Waals surface area contributed by atoms with E-state index in [-0.39, 0.29) is 23.7 Å². The molecule has 1 saturated carbocycles. The highest BCUT2D eigenvalue weighted by Crippen LogP contribution is 2.23. The highest BCUT2D eigenvalue weighted by molar-refractivity contribution is 5.91. The first kappa shape index (κ1) is 21.7. The Bertz CT molecular complexity index is 689. The number of benzene rings is 1. The average molecular weight is 407 g/mol. The lowest BCUT2D eigenvalue weighted by molar-refractivity contribution is -1.01. The lowest BCUT2D eigenvalue weighted by Gasteiger charge is -2.34. The van der Waals surface area contributed by atoms with Gasteiger partial charge in [0.25, 0.3) is 11.8 Å². The van der Waals surface area contributed by atoms with Crippen LogP contribution in [-0.2, 0) is 9.59 Å². The number of amides is 2. The Morgan fingerprint density at radius 3 is 2.41 bits per heavy atom. The van der Waals surface area contributed by atoms with E-state index in [1.165, 1.54) is 41.2 Å². The predicted molar refractivity (Wildman–Crippen MR) is 110 cm³/mol. The van der Waals surface area contributed by atoms with E-state index in [0.29, 0.717) is 24.2 Å². The fourth-order valence-corrected chi connectivity index (χ4v) is 4.52. The van der Waals surface area contributed by atoms with E-state index in [1.54, 1.807) is 12.1 Å². The Morgan fingerprint density at radius 1 is 1.10 bits per heavy atom. The smallest absolute Gasteiger partial charge is 0.279 e. The summed E-state index contributed by atoms with van der Waals surface area (Å²) in [5.74, 6) is 0.350. The molecule has 0 aromatic heterocycles. The first-order valence-corrected chi connectivity index (χ1v) is 11.0. The predicted octanol–water partition coefficient (Wildman–Crippen LogP) is -0.369. The van der Waals surface area contributed by atoms with Crippen molar-refractivity contribution in [3.63, 3.8) is 0 Å². The van der Waals surface area contributed by atoms with Gasteiger partial charge in [0.2, 0.25) is 0 Å². The maximum Gasteiger partial charge on any atom is 0.279 e. The van der Waals surface area contributed by atoms with Crippen LogP contribution in [0.15, 0.2) is 24.3 Å². The topological polar surface area (TPSA) is 67.1 Å². The molecule has 2 fully saturated rings. The highest BCUT2D eigenvalue weighted by Gasteiger charge is 2.33. The van der Waals surface area contributed by atoms with E-state index < -0.39 is 0 Å². The zero-order chi connectivity index (χ0) is 20.8. The molecular formula is C22H35FN4O2+2. The largest absolute Gasteiger partial charge is 0.348 e. The monoisotopic (exact) mass is 406 g/mol. The average Bonchev–Trinajstić information content (AvgIpc) is 2.71. The highest BCUT2D eigenvalue weighted by atomic mass is 19.1. The number of carbonyl (C=O) groups excluding carboxylic acids is 2. The van der Waals surface area contributed by atoms with Crippen LogP contribution in [0.1, 0.15) is 39.5 Å². The summed E-state index contributed by atoms with van der Waals surface area (Å²) in [6.07, 6.45) is 4.77. The number of halogens is 1. The molecule has 0 spiro atoms. The number of carbonyl (C=O) groups is 2. The Balaban J connectivity index is 1.40. The van der Waals surface area contributed by atoms with Crippen molar-refractivity contribution in [1.29, 1.82) is 0 Å². The van der Waals surface area contributed by atoms with Crippen molar-refractivity contribution in [2.75, 3.05) is 38.0 Å². The lowest BCUT2D eigenvalue weighted by Crippen LogP contribution is -3.30. The molecule has 1 aliphatic heterocycles. The van der Waals surface area contributed by atoms with Crippen molar-refractivity contribution in [1.82, 2.24) is 5.32 Å². The SMILES string of the molecule is C[C@@H]1CCCC[C@@H]1NC(=O)[C@@H](C)[NH+]1CC[NH+](CC(=O)Nc2ccc(F)cc2)CC1. The Labute approximate surface area is 172 Å². The second-order valence-corrected chi connectivity index (χ2v) is 8.74. The molecule has 0 radical (unpaired) electrons. The summed E-state index contributed by atoms with van der Waals surface area (Å²) in [6.45, 7) is 8.14. The maximum absolute atomic E-state index is 13.0. The van der Waals surface area contributed by atoms with Crippen molar-refractivity contribution in [3.05, 3.63) is 30.1 Å². The first-order chi connectivity index (χ1) is 13.9. The van der Waals surface area contributed by atoms with Gasteiger partial charge < -0.3 is 20.4 Å². The Morgan fingerprint density at radius 2 is 1.76 bits per heavy atom. The van der Waals surface area contributed by atoms with Crippen LogP contribution in [-0.4, -0.2) is 56.6 Å². The van der Waals surface area contributed by atoms with Crippen molar-refractivity contribution in [2.45, 2.75) is 51.6 Å². The van der Waals surface area contributed by atoms with Gasteiger partial charge in [0.1, 0.15) is 32.0 Å². The van der Waals surface area contributed by atoms with Gasteiger partial charge in [-0.1, -0.05) is 19.8 Å². The number of nitrogens with one attached hydrogen (secondary N) is 4. The number of anilines is 1. The molecule has 7 heteroatoms. The number of quaternary nitrogens is 2. The zero-order valence-corrected chi connectivity index (χ0v) is 17.6. The van der Waals surface area contributed by atoms with E-state index in [0.717, 1.165) is 32.6 Å². The molecule has 2 aliphatic rings. The van der Waals surface area contributed by atoms with Gasteiger partial charge in [-0.25, -0.2) is 4.39 Å².